The van der Waals surface area contributed by atoms with Gasteiger partial charge in [-0.25, -0.2) is 0 Å². The molecule has 0 fully saturated rings. The smallest absolute Gasteiger partial charge is 0.222 e. The molecule has 4 N–H and O–H groups in total. The van der Waals surface area contributed by atoms with E-state index in [1.807, 2.05) is 0 Å². The average Bonchev–Trinajstić information content (AvgIpc) is 3.08. The molecule has 0 aliphatic heterocycles. The van der Waals surface area contributed by atoms with Crippen LogP contribution in [-0.2, 0) is 4.79 Å². The lowest BCUT2D eigenvalue weighted by Gasteiger charge is -2.23. The van der Waals surface area contributed by atoms with Crippen LogP contribution in [0, 0.1) is 0 Å². The molecule has 1 amide bonds. The largest absolute Gasteiger partial charge is 0.394 e. The van der Waals surface area contributed by atoms with Crippen molar-refractivity contribution in [3.8, 4) is 0 Å². The Morgan fingerprint density at radius 1 is 0.500 bits per heavy atom. The molecule has 0 radical (unpaired) electrons. The SMILES string of the molecule is CCCCCCCCCCCCCC/C=C\CCCCCCCCCC(O)CC(=O)NC(CO)C(O)CCCCCCCCCCCC. The van der Waals surface area contributed by atoms with Crippen LogP contribution >= 0.6 is 0 Å². The Balaban J connectivity index is 3.56. The van der Waals surface area contributed by atoms with E-state index in [0.717, 1.165) is 25.7 Å². The summed E-state index contributed by atoms with van der Waals surface area (Å²) in [5.74, 6) is -0.285. The maximum absolute atomic E-state index is 12.4. The highest BCUT2D eigenvalue weighted by Gasteiger charge is 2.21. The van der Waals surface area contributed by atoms with Crippen LogP contribution in [0.1, 0.15) is 232 Å². The van der Waals surface area contributed by atoms with E-state index < -0.39 is 18.2 Å². The van der Waals surface area contributed by atoms with Crippen molar-refractivity contribution in [3.05, 3.63) is 12.2 Å². The van der Waals surface area contributed by atoms with Crippen LogP contribution in [0.5, 0.6) is 0 Å². The van der Waals surface area contributed by atoms with Gasteiger partial charge in [0.15, 0.2) is 0 Å². The highest BCUT2D eigenvalue weighted by molar-refractivity contribution is 5.76. The first-order valence-corrected chi connectivity index (χ1v) is 21.5. The number of aliphatic hydroxyl groups is 3. The van der Waals surface area contributed by atoms with Crippen molar-refractivity contribution in [2.75, 3.05) is 6.61 Å². The maximum Gasteiger partial charge on any atom is 0.222 e. The van der Waals surface area contributed by atoms with Crippen LogP contribution in [0.3, 0.4) is 0 Å². The third-order valence-corrected chi connectivity index (χ3v) is 10.1. The molecule has 0 aromatic rings. The second-order valence-electron chi connectivity index (χ2n) is 15.0. The molecule has 0 aliphatic carbocycles. The zero-order chi connectivity index (χ0) is 35.2. The first-order chi connectivity index (χ1) is 23.5. The second kappa shape index (κ2) is 38.9. The lowest BCUT2D eigenvalue weighted by Crippen LogP contribution is -2.46. The number of nitrogens with one attached hydrogen (secondary N) is 1. The predicted octanol–water partition coefficient (Wildman–Crippen LogP) is 12.0. The molecule has 5 nitrogen and oxygen atoms in total. The van der Waals surface area contributed by atoms with Crippen molar-refractivity contribution in [2.45, 2.75) is 250 Å². The lowest BCUT2D eigenvalue weighted by atomic mass is 10.0. The number of aliphatic hydroxyl groups excluding tert-OH is 3. The molecular weight excluding hydrogens is 594 g/mol. The maximum atomic E-state index is 12.4. The fraction of sp³-hybridized carbons (Fsp3) is 0.930. The van der Waals surface area contributed by atoms with Crippen LogP contribution in [0.25, 0.3) is 0 Å². The van der Waals surface area contributed by atoms with E-state index in [-0.39, 0.29) is 18.9 Å². The molecule has 0 spiro atoms. The van der Waals surface area contributed by atoms with E-state index in [4.69, 9.17) is 0 Å². The lowest BCUT2D eigenvalue weighted by molar-refractivity contribution is -0.125. The average molecular weight is 680 g/mol. The molecule has 0 aliphatic rings. The number of allylic oxidation sites excluding steroid dienone is 2. The van der Waals surface area contributed by atoms with Gasteiger partial charge in [0.1, 0.15) is 0 Å². The minimum absolute atomic E-state index is 0.0360. The summed E-state index contributed by atoms with van der Waals surface area (Å²) >= 11 is 0. The van der Waals surface area contributed by atoms with Gasteiger partial charge in [-0.1, -0.05) is 199 Å². The molecule has 0 bridgehead atoms. The Morgan fingerprint density at radius 3 is 1.21 bits per heavy atom. The Labute approximate surface area is 299 Å². The fourth-order valence-electron chi connectivity index (χ4n) is 6.75. The van der Waals surface area contributed by atoms with Crippen LogP contribution < -0.4 is 5.32 Å². The normalized spacial score (nSPS) is 13.7. The van der Waals surface area contributed by atoms with Crippen LogP contribution in [0.4, 0.5) is 0 Å². The van der Waals surface area contributed by atoms with Gasteiger partial charge in [-0.2, -0.15) is 0 Å². The fourth-order valence-corrected chi connectivity index (χ4v) is 6.75. The molecule has 0 aromatic heterocycles. The van der Waals surface area contributed by atoms with E-state index in [2.05, 4.69) is 31.3 Å². The van der Waals surface area contributed by atoms with Crippen molar-refractivity contribution in [2.24, 2.45) is 0 Å². The second-order valence-corrected chi connectivity index (χ2v) is 15.0. The first kappa shape index (κ1) is 47.1. The van der Waals surface area contributed by atoms with Crippen LogP contribution in [0.2, 0.25) is 0 Å². The Kier molecular flexibility index (Phi) is 38.1. The number of hydrogen-bond acceptors (Lipinski definition) is 4. The van der Waals surface area contributed by atoms with Crippen molar-refractivity contribution in [1.29, 1.82) is 0 Å². The van der Waals surface area contributed by atoms with Crippen LogP contribution in [-0.4, -0.2) is 46.1 Å². The highest BCUT2D eigenvalue weighted by Crippen LogP contribution is 2.16. The number of rotatable bonds is 39. The number of unbranched alkanes of at least 4 members (excludes halogenated alkanes) is 28. The summed E-state index contributed by atoms with van der Waals surface area (Å²) in [6, 6.07) is -0.655. The summed E-state index contributed by atoms with van der Waals surface area (Å²) in [4.78, 5) is 12.4. The molecule has 286 valence electrons. The van der Waals surface area contributed by atoms with Crippen molar-refractivity contribution in [3.63, 3.8) is 0 Å². The molecule has 0 saturated carbocycles. The molecule has 5 heteroatoms. The highest BCUT2D eigenvalue weighted by atomic mass is 16.3. The van der Waals surface area contributed by atoms with Gasteiger partial charge in [0.05, 0.1) is 31.3 Å². The Morgan fingerprint density at radius 2 is 0.833 bits per heavy atom. The van der Waals surface area contributed by atoms with E-state index in [9.17, 15) is 20.1 Å². The van der Waals surface area contributed by atoms with Gasteiger partial charge in [-0.15, -0.1) is 0 Å². The van der Waals surface area contributed by atoms with Gasteiger partial charge in [-0.3, -0.25) is 4.79 Å². The topological polar surface area (TPSA) is 89.8 Å². The number of carbonyl (C=O) groups is 1. The van der Waals surface area contributed by atoms with Crippen molar-refractivity contribution < 1.29 is 20.1 Å². The van der Waals surface area contributed by atoms with E-state index >= 15 is 0 Å². The van der Waals surface area contributed by atoms with Crippen LogP contribution in [0.15, 0.2) is 12.2 Å². The minimum Gasteiger partial charge on any atom is -0.394 e. The Bertz CT molecular complexity index is 669. The zero-order valence-electron chi connectivity index (χ0n) is 32.4. The van der Waals surface area contributed by atoms with Gasteiger partial charge in [0.2, 0.25) is 5.91 Å². The molecule has 0 aromatic carbocycles. The van der Waals surface area contributed by atoms with E-state index in [1.54, 1.807) is 0 Å². The zero-order valence-corrected chi connectivity index (χ0v) is 32.4. The molecule has 48 heavy (non-hydrogen) atoms. The molecule has 3 unspecified atom stereocenters. The van der Waals surface area contributed by atoms with Gasteiger partial charge < -0.3 is 20.6 Å². The minimum atomic E-state index is -0.745. The van der Waals surface area contributed by atoms with E-state index in [1.165, 1.54) is 173 Å². The monoisotopic (exact) mass is 680 g/mol. The summed E-state index contributed by atoms with van der Waals surface area (Å²) in [6.07, 6.45) is 44.7. The number of carbonyl (C=O) groups excluding carboxylic acids is 1. The number of hydrogen-bond donors (Lipinski definition) is 4. The third kappa shape index (κ3) is 34.9. The quantitative estimate of drug-likeness (QED) is 0.0384. The van der Waals surface area contributed by atoms with Gasteiger partial charge in [0, 0.05) is 0 Å². The molecule has 0 heterocycles. The van der Waals surface area contributed by atoms with Gasteiger partial charge >= 0.3 is 0 Å². The summed E-state index contributed by atoms with van der Waals surface area (Å²) in [6.45, 7) is 4.25. The molecular formula is C43H85NO4. The third-order valence-electron chi connectivity index (χ3n) is 10.1. The molecule has 0 rings (SSSR count). The summed E-state index contributed by atoms with van der Waals surface area (Å²) in [5, 5.41) is 33.2. The van der Waals surface area contributed by atoms with E-state index in [0.29, 0.717) is 12.8 Å². The summed E-state index contributed by atoms with van der Waals surface area (Å²) < 4.78 is 0. The van der Waals surface area contributed by atoms with Gasteiger partial charge in [-0.05, 0) is 38.5 Å². The summed E-state index contributed by atoms with van der Waals surface area (Å²) in [7, 11) is 0. The Hall–Kier alpha value is -0.910. The molecule has 0 saturated heterocycles. The van der Waals surface area contributed by atoms with Gasteiger partial charge in [0.25, 0.3) is 0 Å². The van der Waals surface area contributed by atoms with Crippen molar-refractivity contribution >= 4 is 5.91 Å². The van der Waals surface area contributed by atoms with Crippen molar-refractivity contribution in [1.82, 2.24) is 5.32 Å². The molecule has 3 atom stereocenters. The predicted molar refractivity (Wildman–Crippen MR) is 208 cm³/mol. The first-order valence-electron chi connectivity index (χ1n) is 21.5. The summed E-state index contributed by atoms with van der Waals surface area (Å²) in [5.41, 5.74) is 0. The standard InChI is InChI=1S/C43H85NO4/c1-3-5-7-9-11-13-15-16-17-18-19-20-21-22-23-24-25-26-27-28-30-32-34-36-40(46)38-43(48)44-41(39-45)42(47)37-35-33-31-29-14-12-10-8-6-4-2/h22-23,40-42,45-47H,3-21,24-39H2,1-2H3,(H,44,48)/b23-22-. The number of amides is 1.